The third-order valence-corrected chi connectivity index (χ3v) is 4.23. The van der Waals surface area contributed by atoms with Crippen LogP contribution in [-0.2, 0) is 4.74 Å². The van der Waals surface area contributed by atoms with Crippen molar-refractivity contribution in [1.82, 2.24) is 5.32 Å². The number of thiophene rings is 1. The molecule has 0 radical (unpaired) electrons. The Bertz CT molecular complexity index is 500. The van der Waals surface area contributed by atoms with Crippen LogP contribution < -0.4 is 16.4 Å². The Morgan fingerprint density at radius 2 is 2.00 bits per heavy atom. The molecule has 0 aliphatic rings. The molecule has 21 heavy (non-hydrogen) atoms. The third kappa shape index (κ3) is 4.35. The number of carbonyl (C=O) groups is 2. The Kier molecular flexibility index (Phi) is 7.01. The fourth-order valence-electron chi connectivity index (χ4n) is 1.92. The van der Waals surface area contributed by atoms with Gasteiger partial charge in [-0.2, -0.15) is 0 Å². The van der Waals surface area contributed by atoms with Gasteiger partial charge in [-0.25, -0.2) is 4.79 Å². The number of nitrogens with one attached hydrogen (secondary N) is 2. The first kappa shape index (κ1) is 17.3. The minimum absolute atomic E-state index is 0.169. The highest BCUT2D eigenvalue weighted by atomic mass is 32.1. The van der Waals surface area contributed by atoms with E-state index in [9.17, 15) is 9.59 Å². The average Bonchev–Trinajstić information content (AvgIpc) is 2.82. The van der Waals surface area contributed by atoms with Gasteiger partial charge in [0, 0.05) is 13.6 Å². The molecule has 1 aromatic heterocycles. The van der Waals surface area contributed by atoms with Crippen molar-refractivity contribution in [2.75, 3.05) is 31.8 Å². The Hall–Kier alpha value is -1.76. The van der Waals surface area contributed by atoms with Crippen molar-refractivity contribution in [2.45, 2.75) is 32.6 Å². The van der Waals surface area contributed by atoms with Crippen molar-refractivity contribution in [2.24, 2.45) is 0 Å². The number of nitrogens with two attached hydrogens (primary N) is 1. The second kappa shape index (κ2) is 8.51. The van der Waals surface area contributed by atoms with E-state index in [4.69, 9.17) is 5.73 Å². The number of methoxy groups -OCH3 is 1. The van der Waals surface area contributed by atoms with Gasteiger partial charge in [0.1, 0.15) is 9.88 Å². The maximum absolute atomic E-state index is 11.9. The molecule has 0 aromatic carbocycles. The lowest BCUT2D eigenvalue weighted by molar-refractivity contribution is 0.0607. The van der Waals surface area contributed by atoms with Crippen LogP contribution in [-0.4, -0.2) is 32.6 Å². The molecule has 7 heteroatoms. The highest BCUT2D eigenvalue weighted by Gasteiger charge is 2.25. The molecule has 0 bridgehead atoms. The van der Waals surface area contributed by atoms with Crippen LogP contribution in [0, 0.1) is 0 Å². The number of esters is 1. The number of anilines is 2. The van der Waals surface area contributed by atoms with Crippen LogP contribution in [0.4, 0.5) is 10.7 Å². The summed E-state index contributed by atoms with van der Waals surface area (Å²) in [7, 11) is 2.82. The smallest absolute Gasteiger partial charge is 0.350 e. The van der Waals surface area contributed by atoms with Gasteiger partial charge in [-0.05, 0) is 6.42 Å². The highest BCUT2D eigenvalue weighted by Crippen LogP contribution is 2.36. The van der Waals surface area contributed by atoms with Gasteiger partial charge in [0.2, 0.25) is 0 Å². The van der Waals surface area contributed by atoms with Crippen LogP contribution in [0.25, 0.3) is 0 Å². The van der Waals surface area contributed by atoms with Gasteiger partial charge in [-0.3, -0.25) is 4.79 Å². The molecular weight excluding hydrogens is 290 g/mol. The van der Waals surface area contributed by atoms with E-state index in [1.54, 1.807) is 0 Å². The molecule has 4 N–H and O–H groups in total. The summed E-state index contributed by atoms with van der Waals surface area (Å²) in [6, 6.07) is 0. The predicted molar refractivity (Wildman–Crippen MR) is 86.1 cm³/mol. The molecule has 1 heterocycles. The van der Waals surface area contributed by atoms with Crippen LogP contribution in [0.3, 0.4) is 0 Å². The summed E-state index contributed by atoms with van der Waals surface area (Å²) in [6.07, 6.45) is 4.49. The molecule has 0 unspecified atom stereocenters. The second-order valence-electron chi connectivity index (χ2n) is 4.61. The summed E-state index contributed by atoms with van der Waals surface area (Å²) in [5, 5.41) is 6.35. The van der Waals surface area contributed by atoms with Crippen molar-refractivity contribution in [3.05, 3.63) is 10.4 Å². The van der Waals surface area contributed by atoms with Gasteiger partial charge in [0.15, 0.2) is 0 Å². The maximum Gasteiger partial charge on any atom is 0.350 e. The number of hydrogen-bond donors (Lipinski definition) is 3. The van der Waals surface area contributed by atoms with Gasteiger partial charge >= 0.3 is 5.97 Å². The van der Waals surface area contributed by atoms with Crippen molar-refractivity contribution in [1.29, 1.82) is 0 Å². The summed E-state index contributed by atoms with van der Waals surface area (Å²) in [6.45, 7) is 2.89. The lowest BCUT2D eigenvalue weighted by Crippen LogP contribution is -2.20. The second-order valence-corrected chi connectivity index (χ2v) is 5.63. The van der Waals surface area contributed by atoms with Gasteiger partial charge < -0.3 is 21.1 Å². The normalized spacial score (nSPS) is 10.2. The Morgan fingerprint density at radius 3 is 2.57 bits per heavy atom. The van der Waals surface area contributed by atoms with E-state index >= 15 is 0 Å². The predicted octanol–water partition coefficient (Wildman–Crippen LogP) is 2.47. The van der Waals surface area contributed by atoms with E-state index in [2.05, 4.69) is 22.3 Å². The summed E-state index contributed by atoms with van der Waals surface area (Å²) < 4.78 is 4.69. The Balaban J connectivity index is 2.90. The molecule has 0 fully saturated rings. The molecule has 6 nitrogen and oxygen atoms in total. The summed E-state index contributed by atoms with van der Waals surface area (Å²) >= 11 is 1.15. The monoisotopic (exact) mass is 313 g/mol. The first-order chi connectivity index (χ1) is 10.1. The fourth-order valence-corrected chi connectivity index (χ4v) is 2.98. The van der Waals surface area contributed by atoms with E-state index in [1.165, 1.54) is 27.0 Å². The van der Waals surface area contributed by atoms with Crippen LogP contribution in [0.15, 0.2) is 0 Å². The zero-order valence-electron chi connectivity index (χ0n) is 12.7. The Labute approximate surface area is 129 Å². The average molecular weight is 313 g/mol. The number of carbonyl (C=O) groups excluding carboxylic acids is 2. The van der Waals surface area contributed by atoms with E-state index in [-0.39, 0.29) is 16.5 Å². The van der Waals surface area contributed by atoms with Gasteiger partial charge in [-0.1, -0.05) is 26.2 Å². The SMILES string of the molecule is CCCCCCNc1sc(C(=O)OC)c(N)c1C(=O)NC. The fraction of sp³-hybridized carbons (Fsp3) is 0.571. The standard InChI is InChI=1S/C14H23N3O3S/c1-4-5-6-7-8-17-13-9(12(18)16-2)10(15)11(21-13)14(19)20-3/h17H,4-8,15H2,1-3H3,(H,16,18). The molecule has 1 rings (SSSR count). The molecular formula is C14H23N3O3S. The number of rotatable bonds is 8. The third-order valence-electron chi connectivity index (χ3n) is 3.09. The van der Waals surface area contributed by atoms with Crippen LogP contribution >= 0.6 is 11.3 Å². The number of nitrogen functional groups attached to an aromatic ring is 1. The molecule has 0 aliphatic carbocycles. The Morgan fingerprint density at radius 1 is 1.29 bits per heavy atom. The van der Waals surface area contributed by atoms with E-state index < -0.39 is 5.97 Å². The van der Waals surface area contributed by atoms with E-state index in [0.29, 0.717) is 10.6 Å². The quantitative estimate of drug-likeness (QED) is 0.506. The first-order valence-corrected chi connectivity index (χ1v) is 7.84. The molecule has 0 atom stereocenters. The lowest BCUT2D eigenvalue weighted by atomic mass is 10.2. The molecule has 0 aliphatic heterocycles. The summed E-state index contributed by atoms with van der Waals surface area (Å²) in [5.74, 6) is -0.836. The topological polar surface area (TPSA) is 93.4 Å². The lowest BCUT2D eigenvalue weighted by Gasteiger charge is -2.07. The van der Waals surface area contributed by atoms with Crippen molar-refractivity contribution >= 4 is 33.9 Å². The molecule has 118 valence electrons. The maximum atomic E-state index is 11.9. The number of hydrogen-bond acceptors (Lipinski definition) is 6. The number of unbranched alkanes of at least 4 members (excludes halogenated alkanes) is 3. The molecule has 1 aromatic rings. The van der Waals surface area contributed by atoms with Crippen molar-refractivity contribution < 1.29 is 14.3 Å². The van der Waals surface area contributed by atoms with Gasteiger partial charge in [0.25, 0.3) is 5.91 Å². The number of amides is 1. The van der Waals surface area contributed by atoms with Crippen molar-refractivity contribution in [3.63, 3.8) is 0 Å². The molecule has 1 amide bonds. The van der Waals surface area contributed by atoms with Crippen molar-refractivity contribution in [3.8, 4) is 0 Å². The molecule has 0 spiro atoms. The number of ether oxygens (including phenoxy) is 1. The summed E-state index contributed by atoms with van der Waals surface area (Å²) in [5.41, 5.74) is 6.40. The van der Waals surface area contributed by atoms with Gasteiger partial charge in [-0.15, -0.1) is 11.3 Å². The van der Waals surface area contributed by atoms with E-state index in [0.717, 1.165) is 30.7 Å². The zero-order valence-corrected chi connectivity index (χ0v) is 13.6. The zero-order chi connectivity index (χ0) is 15.8. The first-order valence-electron chi connectivity index (χ1n) is 7.03. The van der Waals surface area contributed by atoms with Crippen LogP contribution in [0.2, 0.25) is 0 Å². The largest absolute Gasteiger partial charge is 0.465 e. The summed E-state index contributed by atoms with van der Waals surface area (Å²) in [4.78, 5) is 23.9. The highest BCUT2D eigenvalue weighted by molar-refractivity contribution is 7.19. The minimum Gasteiger partial charge on any atom is -0.465 e. The minimum atomic E-state index is -0.526. The van der Waals surface area contributed by atoms with E-state index in [1.807, 2.05) is 0 Å². The van der Waals surface area contributed by atoms with Crippen LogP contribution in [0.5, 0.6) is 0 Å². The van der Waals surface area contributed by atoms with Crippen LogP contribution in [0.1, 0.15) is 52.6 Å². The molecule has 0 saturated carbocycles. The molecule has 0 saturated heterocycles. The van der Waals surface area contributed by atoms with Gasteiger partial charge in [0.05, 0.1) is 18.4 Å².